The highest BCUT2D eigenvalue weighted by Gasteiger charge is 2.16. The Morgan fingerprint density at radius 2 is 2.08 bits per heavy atom. The standard InChI is InChI=1S/C15H19N7O2S/c1-10-13(14(21(2)3)22-15(19-10)17-9-18-22)8-11-5-4-6-12(7-11)20-25(16,23)24/h4-7,9,20H,8H2,1-3H3,(H2,16,23,24). The molecule has 1 aromatic carbocycles. The number of aromatic nitrogens is 4. The lowest BCUT2D eigenvalue weighted by Gasteiger charge is -2.20. The summed E-state index contributed by atoms with van der Waals surface area (Å²) in [5.41, 5.74) is 3.16. The van der Waals surface area contributed by atoms with Crippen LogP contribution in [0.3, 0.4) is 0 Å². The molecule has 3 aromatic rings. The minimum atomic E-state index is -3.81. The van der Waals surface area contributed by atoms with Gasteiger partial charge >= 0.3 is 0 Å². The number of rotatable bonds is 5. The van der Waals surface area contributed by atoms with Crippen molar-refractivity contribution >= 4 is 27.5 Å². The molecule has 0 fully saturated rings. The molecule has 2 aromatic heterocycles. The van der Waals surface area contributed by atoms with Gasteiger partial charge in [0, 0.05) is 31.8 Å². The summed E-state index contributed by atoms with van der Waals surface area (Å²) >= 11 is 0. The molecule has 3 N–H and O–H groups in total. The summed E-state index contributed by atoms with van der Waals surface area (Å²) in [5, 5.41) is 9.28. The average Bonchev–Trinajstić information content (AvgIpc) is 2.93. The summed E-state index contributed by atoms with van der Waals surface area (Å²) in [6.07, 6.45) is 2.03. The Labute approximate surface area is 145 Å². The van der Waals surface area contributed by atoms with E-state index in [0.29, 0.717) is 17.9 Å². The number of fused-ring (bicyclic) bond motifs is 1. The lowest BCUT2D eigenvalue weighted by Crippen LogP contribution is -2.21. The van der Waals surface area contributed by atoms with Crippen molar-refractivity contribution < 1.29 is 8.42 Å². The van der Waals surface area contributed by atoms with Gasteiger partial charge in [-0.3, -0.25) is 4.72 Å². The third-order valence-corrected chi connectivity index (χ3v) is 4.22. The van der Waals surface area contributed by atoms with Crippen LogP contribution in [0, 0.1) is 6.92 Å². The molecule has 9 nitrogen and oxygen atoms in total. The van der Waals surface area contributed by atoms with E-state index in [0.717, 1.165) is 22.6 Å². The first kappa shape index (κ1) is 17.1. The smallest absolute Gasteiger partial charge is 0.296 e. The third-order valence-electron chi connectivity index (χ3n) is 3.70. The second-order valence-electron chi connectivity index (χ2n) is 5.89. The topological polar surface area (TPSA) is 119 Å². The Kier molecular flexibility index (Phi) is 4.31. The molecule has 0 saturated heterocycles. The lowest BCUT2D eigenvalue weighted by atomic mass is 10.0. The molecule has 0 unspecified atom stereocenters. The third kappa shape index (κ3) is 3.69. The number of hydrogen-bond acceptors (Lipinski definition) is 6. The van der Waals surface area contributed by atoms with Crippen molar-refractivity contribution in [2.24, 2.45) is 5.14 Å². The Hall–Kier alpha value is -2.72. The van der Waals surface area contributed by atoms with Crippen LogP contribution in [0.25, 0.3) is 5.78 Å². The molecule has 0 aliphatic rings. The van der Waals surface area contributed by atoms with E-state index >= 15 is 0 Å². The molecule has 2 heterocycles. The maximum absolute atomic E-state index is 11.2. The quantitative estimate of drug-likeness (QED) is 0.691. The minimum Gasteiger partial charge on any atom is -0.362 e. The molecule has 0 atom stereocenters. The minimum absolute atomic E-state index is 0.416. The number of anilines is 2. The van der Waals surface area contributed by atoms with Crippen molar-refractivity contribution in [1.82, 2.24) is 19.6 Å². The Bertz CT molecular complexity index is 1030. The number of benzene rings is 1. The normalized spacial score (nSPS) is 11.7. The van der Waals surface area contributed by atoms with E-state index in [1.807, 2.05) is 32.0 Å². The fraction of sp³-hybridized carbons (Fsp3) is 0.267. The molecule has 0 aliphatic heterocycles. The van der Waals surface area contributed by atoms with Gasteiger partial charge < -0.3 is 4.90 Å². The van der Waals surface area contributed by atoms with E-state index in [4.69, 9.17) is 5.14 Å². The van der Waals surface area contributed by atoms with Gasteiger partial charge in [0.2, 0.25) is 0 Å². The first-order valence-electron chi connectivity index (χ1n) is 7.50. The zero-order chi connectivity index (χ0) is 18.2. The van der Waals surface area contributed by atoms with Crippen LogP contribution >= 0.6 is 0 Å². The molecule has 0 bridgehead atoms. The summed E-state index contributed by atoms with van der Waals surface area (Å²) < 4.78 is 26.4. The van der Waals surface area contributed by atoms with Crippen molar-refractivity contribution in [2.75, 3.05) is 23.7 Å². The maximum atomic E-state index is 11.2. The van der Waals surface area contributed by atoms with Crippen molar-refractivity contribution in [3.05, 3.63) is 47.4 Å². The molecule has 0 amide bonds. The number of hydrogen-bond donors (Lipinski definition) is 2. The van der Waals surface area contributed by atoms with Crippen LogP contribution in [0.2, 0.25) is 0 Å². The van der Waals surface area contributed by atoms with Crippen LogP contribution < -0.4 is 14.8 Å². The van der Waals surface area contributed by atoms with Crippen LogP contribution in [-0.2, 0) is 16.6 Å². The van der Waals surface area contributed by atoms with Crippen LogP contribution in [0.15, 0.2) is 30.6 Å². The number of nitrogens with two attached hydrogens (primary N) is 1. The second kappa shape index (κ2) is 6.30. The fourth-order valence-corrected chi connectivity index (χ4v) is 3.20. The summed E-state index contributed by atoms with van der Waals surface area (Å²) in [6, 6.07) is 7.08. The molecule has 25 heavy (non-hydrogen) atoms. The Morgan fingerprint density at radius 3 is 2.76 bits per heavy atom. The van der Waals surface area contributed by atoms with Crippen LogP contribution in [0.5, 0.6) is 0 Å². The largest absolute Gasteiger partial charge is 0.362 e. The van der Waals surface area contributed by atoms with Gasteiger partial charge in [-0.15, -0.1) is 0 Å². The van der Waals surface area contributed by atoms with E-state index in [9.17, 15) is 8.42 Å². The van der Waals surface area contributed by atoms with Gasteiger partial charge in [0.25, 0.3) is 16.0 Å². The molecular formula is C15H19N7O2S. The van der Waals surface area contributed by atoms with Crippen LogP contribution in [-0.4, -0.2) is 42.1 Å². The Morgan fingerprint density at radius 1 is 1.32 bits per heavy atom. The maximum Gasteiger partial charge on any atom is 0.296 e. The van der Waals surface area contributed by atoms with Gasteiger partial charge in [0.1, 0.15) is 12.1 Å². The molecule has 132 valence electrons. The first-order valence-corrected chi connectivity index (χ1v) is 9.05. The van der Waals surface area contributed by atoms with Gasteiger partial charge in [-0.25, -0.2) is 10.1 Å². The summed E-state index contributed by atoms with van der Waals surface area (Å²) in [5.74, 6) is 1.42. The molecule has 0 radical (unpaired) electrons. The van der Waals surface area contributed by atoms with E-state index in [2.05, 4.69) is 19.8 Å². The highest BCUT2D eigenvalue weighted by atomic mass is 32.2. The van der Waals surface area contributed by atoms with Gasteiger partial charge in [-0.2, -0.15) is 23.0 Å². The molecule has 0 aliphatic carbocycles. The van der Waals surface area contributed by atoms with Gasteiger partial charge in [0.15, 0.2) is 0 Å². The average molecular weight is 361 g/mol. The number of nitrogens with zero attached hydrogens (tertiary/aromatic N) is 5. The van der Waals surface area contributed by atoms with Crippen molar-refractivity contribution in [2.45, 2.75) is 13.3 Å². The van der Waals surface area contributed by atoms with E-state index in [-0.39, 0.29) is 0 Å². The van der Waals surface area contributed by atoms with Gasteiger partial charge in [-0.1, -0.05) is 12.1 Å². The predicted molar refractivity (Wildman–Crippen MR) is 95.8 cm³/mol. The molecule has 3 rings (SSSR count). The second-order valence-corrected chi connectivity index (χ2v) is 7.18. The fourth-order valence-electron chi connectivity index (χ4n) is 2.75. The van der Waals surface area contributed by atoms with Gasteiger partial charge in [0.05, 0.1) is 5.69 Å². The highest BCUT2D eigenvalue weighted by Crippen LogP contribution is 2.25. The molecule has 0 spiro atoms. The monoisotopic (exact) mass is 361 g/mol. The van der Waals surface area contributed by atoms with Crippen molar-refractivity contribution in [3.8, 4) is 0 Å². The van der Waals surface area contributed by atoms with Crippen LogP contribution in [0.1, 0.15) is 16.8 Å². The highest BCUT2D eigenvalue weighted by molar-refractivity contribution is 7.90. The molecule has 10 heteroatoms. The zero-order valence-electron chi connectivity index (χ0n) is 14.1. The first-order chi connectivity index (χ1) is 11.7. The van der Waals surface area contributed by atoms with E-state index in [1.54, 1.807) is 22.7 Å². The number of aryl methyl sites for hydroxylation is 1. The van der Waals surface area contributed by atoms with Gasteiger partial charge in [-0.05, 0) is 24.6 Å². The van der Waals surface area contributed by atoms with Crippen LogP contribution in [0.4, 0.5) is 11.5 Å². The zero-order valence-corrected chi connectivity index (χ0v) is 14.9. The SMILES string of the molecule is Cc1nc2ncnn2c(N(C)C)c1Cc1cccc(NS(N)(=O)=O)c1. The van der Waals surface area contributed by atoms with Crippen molar-refractivity contribution in [3.63, 3.8) is 0 Å². The number of nitrogens with one attached hydrogen (secondary N) is 1. The predicted octanol–water partition coefficient (Wildman–Crippen LogP) is 0.705. The summed E-state index contributed by atoms with van der Waals surface area (Å²) in [6.45, 7) is 1.92. The van der Waals surface area contributed by atoms with Crippen molar-refractivity contribution in [1.29, 1.82) is 0 Å². The summed E-state index contributed by atoms with van der Waals surface area (Å²) in [4.78, 5) is 10.6. The Balaban J connectivity index is 2.05. The lowest BCUT2D eigenvalue weighted by molar-refractivity contribution is 0.603. The summed E-state index contributed by atoms with van der Waals surface area (Å²) in [7, 11) is 0.0471. The van der Waals surface area contributed by atoms with E-state index in [1.165, 1.54) is 6.33 Å². The van der Waals surface area contributed by atoms with E-state index < -0.39 is 10.2 Å². The molecular weight excluding hydrogens is 342 g/mol. The molecule has 0 saturated carbocycles.